The molecule has 1 heterocycles. The van der Waals surface area contributed by atoms with Crippen LogP contribution in [0.15, 0.2) is 66.9 Å². The standard InChI is InChI=1S/C33H35BN2/c1-20-16-22(3)32(23(4)17-20)34(33-24(5)18-21(2)19-25(33)6)28-12-14-30(36(7)8)31-26(28)11-13-29-27(31)10-9-15-35-29/h9-19H,1-8H3. The number of nitrogens with zero attached hydrogens (tertiary/aromatic N) is 2. The SMILES string of the molecule is Cc1cc(C)c(B(c2c(C)cc(C)cc2C)c2ccc(N(C)C)c3c2ccc2ncccc23)c(C)c1. The number of aryl methyl sites for hydroxylation is 6. The summed E-state index contributed by atoms with van der Waals surface area (Å²) in [5, 5.41) is 3.78. The van der Waals surface area contributed by atoms with E-state index in [1.165, 1.54) is 71.6 Å². The van der Waals surface area contributed by atoms with Gasteiger partial charge in [0.1, 0.15) is 0 Å². The Labute approximate surface area is 216 Å². The Balaban J connectivity index is 1.96. The lowest BCUT2D eigenvalue weighted by Crippen LogP contribution is -2.56. The fourth-order valence-electron chi connectivity index (χ4n) is 6.38. The van der Waals surface area contributed by atoms with Gasteiger partial charge in [0.2, 0.25) is 6.71 Å². The molecular formula is C33H35BN2. The van der Waals surface area contributed by atoms with Gasteiger partial charge in [-0.05, 0) is 65.1 Å². The van der Waals surface area contributed by atoms with Crippen molar-refractivity contribution in [2.24, 2.45) is 0 Å². The van der Waals surface area contributed by atoms with Crippen LogP contribution in [0.4, 0.5) is 5.69 Å². The Hall–Kier alpha value is -3.59. The number of benzene rings is 4. The Morgan fingerprint density at radius 3 is 1.72 bits per heavy atom. The number of anilines is 1. The first-order valence-electron chi connectivity index (χ1n) is 12.8. The highest BCUT2D eigenvalue weighted by Crippen LogP contribution is 2.32. The summed E-state index contributed by atoms with van der Waals surface area (Å²) in [6.45, 7) is 13.6. The molecule has 0 N–H and O–H groups in total. The van der Waals surface area contributed by atoms with Crippen LogP contribution in [0, 0.1) is 41.5 Å². The van der Waals surface area contributed by atoms with Gasteiger partial charge in [-0.2, -0.15) is 0 Å². The highest BCUT2D eigenvalue weighted by molar-refractivity contribution is 6.98. The lowest BCUT2D eigenvalue weighted by Gasteiger charge is -2.27. The third-order valence-corrected chi connectivity index (χ3v) is 7.62. The first kappa shape index (κ1) is 24.1. The zero-order chi connectivity index (χ0) is 25.7. The van der Waals surface area contributed by atoms with Gasteiger partial charge in [-0.25, -0.2) is 0 Å². The fourth-order valence-corrected chi connectivity index (χ4v) is 6.38. The molecule has 0 fully saturated rings. The summed E-state index contributed by atoms with van der Waals surface area (Å²) in [6, 6.07) is 22.7. The molecule has 0 bridgehead atoms. The van der Waals surface area contributed by atoms with Gasteiger partial charge < -0.3 is 4.90 Å². The minimum atomic E-state index is 0.138. The van der Waals surface area contributed by atoms with E-state index in [-0.39, 0.29) is 6.71 Å². The van der Waals surface area contributed by atoms with E-state index in [4.69, 9.17) is 0 Å². The molecule has 36 heavy (non-hydrogen) atoms. The number of pyridine rings is 1. The second-order valence-electron chi connectivity index (χ2n) is 10.7. The summed E-state index contributed by atoms with van der Waals surface area (Å²) < 4.78 is 0. The molecule has 180 valence electrons. The van der Waals surface area contributed by atoms with Crippen molar-refractivity contribution < 1.29 is 0 Å². The van der Waals surface area contributed by atoms with E-state index in [0.29, 0.717) is 0 Å². The Kier molecular flexibility index (Phi) is 6.12. The molecule has 0 atom stereocenters. The van der Waals surface area contributed by atoms with E-state index >= 15 is 0 Å². The highest BCUT2D eigenvalue weighted by Gasteiger charge is 2.30. The van der Waals surface area contributed by atoms with Crippen molar-refractivity contribution in [2.45, 2.75) is 41.5 Å². The molecule has 1 aromatic heterocycles. The molecule has 0 radical (unpaired) electrons. The molecule has 5 aromatic rings. The number of aromatic nitrogens is 1. The van der Waals surface area contributed by atoms with Crippen LogP contribution in [-0.4, -0.2) is 25.8 Å². The van der Waals surface area contributed by atoms with E-state index in [1.54, 1.807) is 0 Å². The molecule has 3 heteroatoms. The van der Waals surface area contributed by atoms with Crippen molar-refractivity contribution in [1.29, 1.82) is 0 Å². The number of rotatable bonds is 4. The molecule has 0 amide bonds. The normalized spacial score (nSPS) is 11.3. The average Bonchev–Trinajstić information content (AvgIpc) is 2.81. The second-order valence-corrected chi connectivity index (χ2v) is 10.7. The van der Waals surface area contributed by atoms with Gasteiger partial charge in [-0.1, -0.05) is 92.2 Å². The van der Waals surface area contributed by atoms with Gasteiger partial charge in [-0.3, -0.25) is 4.98 Å². The minimum Gasteiger partial charge on any atom is -0.377 e. The maximum Gasteiger partial charge on any atom is 0.243 e. The summed E-state index contributed by atoms with van der Waals surface area (Å²) in [4.78, 5) is 6.90. The maximum atomic E-state index is 4.68. The number of hydrogen-bond acceptors (Lipinski definition) is 2. The predicted molar refractivity (Wildman–Crippen MR) is 160 cm³/mol. The Bertz CT molecular complexity index is 1530. The lowest BCUT2D eigenvalue weighted by molar-refractivity contribution is 1.14. The van der Waals surface area contributed by atoms with Crippen molar-refractivity contribution >= 4 is 50.5 Å². The fraction of sp³-hybridized carbons (Fsp3) is 0.242. The molecule has 4 aromatic carbocycles. The summed E-state index contributed by atoms with van der Waals surface area (Å²) in [6.07, 6.45) is 1.88. The van der Waals surface area contributed by atoms with Crippen molar-refractivity contribution in [1.82, 2.24) is 4.98 Å². The van der Waals surface area contributed by atoms with Crippen LogP contribution < -0.4 is 21.3 Å². The Morgan fingerprint density at radius 2 is 1.19 bits per heavy atom. The van der Waals surface area contributed by atoms with E-state index in [9.17, 15) is 0 Å². The molecule has 0 aliphatic carbocycles. The zero-order valence-corrected chi connectivity index (χ0v) is 22.8. The largest absolute Gasteiger partial charge is 0.377 e. The molecule has 2 nitrogen and oxygen atoms in total. The summed E-state index contributed by atoms with van der Waals surface area (Å²) >= 11 is 0. The summed E-state index contributed by atoms with van der Waals surface area (Å²) in [5.74, 6) is 0. The summed E-state index contributed by atoms with van der Waals surface area (Å²) in [5.41, 5.74) is 14.5. The first-order valence-corrected chi connectivity index (χ1v) is 12.8. The van der Waals surface area contributed by atoms with Gasteiger partial charge in [0, 0.05) is 36.8 Å². The van der Waals surface area contributed by atoms with Gasteiger partial charge in [0.05, 0.1) is 5.52 Å². The van der Waals surface area contributed by atoms with Crippen LogP contribution in [0.3, 0.4) is 0 Å². The molecule has 0 aliphatic rings. The molecule has 0 aliphatic heterocycles. The lowest BCUT2D eigenvalue weighted by atomic mass is 9.33. The predicted octanol–water partition coefficient (Wildman–Crippen LogP) is 5.82. The monoisotopic (exact) mass is 470 g/mol. The van der Waals surface area contributed by atoms with Gasteiger partial charge >= 0.3 is 0 Å². The second kappa shape index (κ2) is 9.13. The van der Waals surface area contributed by atoms with Gasteiger partial charge in [-0.15, -0.1) is 0 Å². The smallest absolute Gasteiger partial charge is 0.243 e. The molecule has 0 saturated carbocycles. The number of fused-ring (bicyclic) bond motifs is 3. The first-order chi connectivity index (χ1) is 17.2. The van der Waals surface area contributed by atoms with Crippen molar-refractivity contribution in [2.75, 3.05) is 19.0 Å². The molecular weight excluding hydrogens is 435 g/mol. The van der Waals surface area contributed by atoms with E-state index in [0.717, 1.165) is 5.52 Å². The third kappa shape index (κ3) is 3.97. The van der Waals surface area contributed by atoms with Crippen molar-refractivity contribution in [3.05, 3.63) is 100 Å². The van der Waals surface area contributed by atoms with Crippen LogP contribution in [0.5, 0.6) is 0 Å². The molecule has 0 unspecified atom stereocenters. The van der Waals surface area contributed by atoms with E-state index < -0.39 is 0 Å². The van der Waals surface area contributed by atoms with Crippen LogP contribution in [0.25, 0.3) is 21.7 Å². The third-order valence-electron chi connectivity index (χ3n) is 7.62. The van der Waals surface area contributed by atoms with E-state index in [2.05, 4.69) is 120 Å². The average molecular weight is 470 g/mol. The molecule has 0 saturated heterocycles. The van der Waals surface area contributed by atoms with Crippen molar-refractivity contribution in [3.63, 3.8) is 0 Å². The van der Waals surface area contributed by atoms with Crippen LogP contribution in [-0.2, 0) is 0 Å². The van der Waals surface area contributed by atoms with Crippen LogP contribution in [0.1, 0.15) is 33.4 Å². The molecule has 0 spiro atoms. The Morgan fingerprint density at radius 1 is 0.639 bits per heavy atom. The zero-order valence-electron chi connectivity index (χ0n) is 22.8. The van der Waals surface area contributed by atoms with Gasteiger partial charge in [0.15, 0.2) is 0 Å². The topological polar surface area (TPSA) is 16.1 Å². The number of hydrogen-bond donors (Lipinski definition) is 0. The summed E-state index contributed by atoms with van der Waals surface area (Å²) in [7, 11) is 4.26. The van der Waals surface area contributed by atoms with Crippen LogP contribution in [0.2, 0.25) is 0 Å². The minimum absolute atomic E-state index is 0.138. The van der Waals surface area contributed by atoms with Gasteiger partial charge in [0.25, 0.3) is 0 Å². The van der Waals surface area contributed by atoms with Crippen LogP contribution >= 0.6 is 0 Å². The molecule has 5 rings (SSSR count). The van der Waals surface area contributed by atoms with E-state index in [1.807, 2.05) is 12.3 Å². The highest BCUT2D eigenvalue weighted by atomic mass is 15.1. The quantitative estimate of drug-likeness (QED) is 0.243. The maximum absolute atomic E-state index is 4.68. The van der Waals surface area contributed by atoms with Crippen molar-refractivity contribution in [3.8, 4) is 0 Å².